The zero-order valence-corrected chi connectivity index (χ0v) is 11.3. The monoisotopic (exact) mass is 238 g/mol. The summed E-state index contributed by atoms with van der Waals surface area (Å²) in [6.07, 6.45) is 0. The van der Waals surface area contributed by atoms with Gasteiger partial charge in [0.15, 0.2) is 0 Å². The van der Waals surface area contributed by atoms with Crippen molar-refractivity contribution in [2.75, 3.05) is 20.1 Å². The predicted molar refractivity (Wildman–Crippen MR) is 70.6 cm³/mol. The van der Waals surface area contributed by atoms with Gasteiger partial charge in [0.2, 0.25) is 0 Å². The molecule has 0 spiro atoms. The topological polar surface area (TPSA) is 15.3 Å². The lowest BCUT2D eigenvalue weighted by atomic mass is 10.1. The fourth-order valence-corrected chi connectivity index (χ4v) is 1.79. The van der Waals surface area contributed by atoms with E-state index in [0.717, 1.165) is 18.7 Å². The van der Waals surface area contributed by atoms with Gasteiger partial charge in [-0.25, -0.2) is 4.39 Å². The number of nitrogens with zero attached hydrogens (tertiary/aromatic N) is 1. The maximum Gasteiger partial charge on any atom is 0.130 e. The fraction of sp³-hybridized carbons (Fsp3) is 0.571. The number of nitrogens with one attached hydrogen (secondary N) is 1. The fourth-order valence-electron chi connectivity index (χ4n) is 1.79. The summed E-state index contributed by atoms with van der Waals surface area (Å²) in [5.41, 5.74) is 1.46. The van der Waals surface area contributed by atoms with Crippen molar-refractivity contribution in [3.05, 3.63) is 35.1 Å². The van der Waals surface area contributed by atoms with E-state index < -0.39 is 0 Å². The second kappa shape index (κ2) is 6.72. The van der Waals surface area contributed by atoms with Crippen LogP contribution >= 0.6 is 0 Å². The Labute approximate surface area is 104 Å². The molecular formula is C14H23FN2. The van der Waals surface area contributed by atoms with Crippen LogP contribution in [0.1, 0.15) is 25.0 Å². The highest BCUT2D eigenvalue weighted by Gasteiger charge is 2.07. The van der Waals surface area contributed by atoms with E-state index in [9.17, 15) is 4.39 Å². The number of benzene rings is 1. The average Bonchev–Trinajstić information content (AvgIpc) is 2.31. The third-order valence-corrected chi connectivity index (χ3v) is 3.04. The largest absolute Gasteiger partial charge is 0.309 e. The van der Waals surface area contributed by atoms with Crippen LogP contribution in [-0.4, -0.2) is 31.1 Å². The minimum Gasteiger partial charge on any atom is -0.309 e. The number of rotatable bonds is 6. The van der Waals surface area contributed by atoms with Crippen molar-refractivity contribution in [1.82, 2.24) is 10.2 Å². The molecule has 3 heteroatoms. The lowest BCUT2D eigenvalue weighted by Gasteiger charge is -2.21. The molecule has 96 valence electrons. The summed E-state index contributed by atoms with van der Waals surface area (Å²) < 4.78 is 13.7. The van der Waals surface area contributed by atoms with Crippen LogP contribution in [0, 0.1) is 12.7 Å². The Hall–Kier alpha value is -0.930. The summed E-state index contributed by atoms with van der Waals surface area (Å²) in [4.78, 5) is 2.24. The van der Waals surface area contributed by atoms with Gasteiger partial charge in [-0.05, 0) is 33.0 Å². The molecule has 0 aliphatic heterocycles. The Morgan fingerprint density at radius 2 is 2.12 bits per heavy atom. The quantitative estimate of drug-likeness (QED) is 0.819. The second-order valence-electron chi connectivity index (χ2n) is 4.68. The van der Waals surface area contributed by atoms with Crippen molar-refractivity contribution < 1.29 is 4.39 Å². The third kappa shape index (κ3) is 4.44. The third-order valence-electron chi connectivity index (χ3n) is 3.04. The first-order valence-corrected chi connectivity index (χ1v) is 6.20. The summed E-state index contributed by atoms with van der Waals surface area (Å²) in [5.74, 6) is -0.0870. The van der Waals surface area contributed by atoms with Crippen molar-refractivity contribution in [2.24, 2.45) is 0 Å². The Kier molecular flexibility index (Phi) is 5.59. The van der Waals surface area contributed by atoms with Crippen molar-refractivity contribution in [3.63, 3.8) is 0 Å². The molecule has 1 atom stereocenters. The average molecular weight is 238 g/mol. The molecule has 1 aromatic rings. The molecule has 0 saturated carbocycles. The molecule has 0 heterocycles. The number of aryl methyl sites for hydroxylation is 1. The van der Waals surface area contributed by atoms with E-state index in [2.05, 4.69) is 31.1 Å². The van der Waals surface area contributed by atoms with Gasteiger partial charge in [-0.1, -0.05) is 25.1 Å². The molecule has 0 fully saturated rings. The molecule has 0 saturated heterocycles. The summed E-state index contributed by atoms with van der Waals surface area (Å²) in [5, 5.41) is 3.35. The van der Waals surface area contributed by atoms with Gasteiger partial charge in [0, 0.05) is 24.7 Å². The van der Waals surface area contributed by atoms with E-state index in [4.69, 9.17) is 0 Å². The Bertz CT molecular complexity index is 352. The van der Waals surface area contributed by atoms with Crippen molar-refractivity contribution in [3.8, 4) is 0 Å². The summed E-state index contributed by atoms with van der Waals surface area (Å²) in [7, 11) is 2.09. The number of likely N-dealkylation sites (N-methyl/N-ethyl adjacent to an activating group) is 1. The van der Waals surface area contributed by atoms with Gasteiger partial charge >= 0.3 is 0 Å². The van der Waals surface area contributed by atoms with Crippen LogP contribution < -0.4 is 5.32 Å². The van der Waals surface area contributed by atoms with Gasteiger partial charge in [-0.3, -0.25) is 0 Å². The van der Waals surface area contributed by atoms with Crippen LogP contribution in [0.15, 0.2) is 18.2 Å². The Balaban J connectivity index is 2.47. The molecule has 2 nitrogen and oxygen atoms in total. The predicted octanol–water partition coefficient (Wildman–Crippen LogP) is 2.56. The number of hydrogen-bond donors (Lipinski definition) is 1. The van der Waals surface area contributed by atoms with E-state index in [0.29, 0.717) is 18.2 Å². The molecule has 17 heavy (non-hydrogen) atoms. The van der Waals surface area contributed by atoms with Crippen molar-refractivity contribution in [2.45, 2.75) is 33.4 Å². The maximum absolute atomic E-state index is 13.7. The van der Waals surface area contributed by atoms with E-state index in [1.165, 1.54) is 0 Å². The van der Waals surface area contributed by atoms with Gasteiger partial charge in [0.05, 0.1) is 0 Å². The van der Waals surface area contributed by atoms with Crippen LogP contribution in [0.3, 0.4) is 0 Å². The molecule has 1 rings (SSSR count). The zero-order chi connectivity index (χ0) is 12.8. The maximum atomic E-state index is 13.7. The van der Waals surface area contributed by atoms with Gasteiger partial charge in [-0.2, -0.15) is 0 Å². The smallest absolute Gasteiger partial charge is 0.130 e. The standard InChI is InChI=1S/C14H23FN2/c1-5-17(4)10-12(3)16-9-13-8-6-7-11(2)14(13)15/h6-8,12,16H,5,9-10H2,1-4H3. The molecule has 0 aromatic heterocycles. The Morgan fingerprint density at radius 1 is 1.41 bits per heavy atom. The van der Waals surface area contributed by atoms with Crippen LogP contribution in [0.5, 0.6) is 0 Å². The lowest BCUT2D eigenvalue weighted by Crippen LogP contribution is -2.37. The summed E-state index contributed by atoms with van der Waals surface area (Å²) >= 11 is 0. The highest BCUT2D eigenvalue weighted by Crippen LogP contribution is 2.11. The molecule has 0 aliphatic carbocycles. The van der Waals surface area contributed by atoms with E-state index in [-0.39, 0.29) is 5.82 Å². The van der Waals surface area contributed by atoms with Crippen LogP contribution in [0.25, 0.3) is 0 Å². The second-order valence-corrected chi connectivity index (χ2v) is 4.68. The zero-order valence-electron chi connectivity index (χ0n) is 11.3. The normalized spacial score (nSPS) is 13.1. The summed E-state index contributed by atoms with van der Waals surface area (Å²) in [6, 6.07) is 5.90. The number of halogens is 1. The molecule has 0 bridgehead atoms. The highest BCUT2D eigenvalue weighted by atomic mass is 19.1. The molecule has 1 unspecified atom stereocenters. The van der Waals surface area contributed by atoms with E-state index in [1.807, 2.05) is 12.1 Å². The molecular weight excluding hydrogens is 215 g/mol. The van der Waals surface area contributed by atoms with Crippen molar-refractivity contribution in [1.29, 1.82) is 0 Å². The number of hydrogen-bond acceptors (Lipinski definition) is 2. The van der Waals surface area contributed by atoms with E-state index >= 15 is 0 Å². The lowest BCUT2D eigenvalue weighted by molar-refractivity contribution is 0.309. The minimum atomic E-state index is -0.0870. The van der Waals surface area contributed by atoms with Crippen LogP contribution in [-0.2, 0) is 6.54 Å². The van der Waals surface area contributed by atoms with Gasteiger partial charge in [0.25, 0.3) is 0 Å². The SMILES string of the molecule is CCN(C)CC(C)NCc1cccc(C)c1F. The summed E-state index contributed by atoms with van der Waals surface area (Å²) in [6.45, 7) is 8.65. The first-order valence-electron chi connectivity index (χ1n) is 6.20. The van der Waals surface area contributed by atoms with Crippen LogP contribution in [0.4, 0.5) is 4.39 Å². The van der Waals surface area contributed by atoms with Gasteiger partial charge in [0.1, 0.15) is 5.82 Å². The van der Waals surface area contributed by atoms with Gasteiger partial charge < -0.3 is 10.2 Å². The van der Waals surface area contributed by atoms with Crippen molar-refractivity contribution >= 4 is 0 Å². The van der Waals surface area contributed by atoms with E-state index in [1.54, 1.807) is 13.0 Å². The van der Waals surface area contributed by atoms with Gasteiger partial charge in [-0.15, -0.1) is 0 Å². The molecule has 1 aromatic carbocycles. The molecule has 0 aliphatic rings. The minimum absolute atomic E-state index is 0.0870. The molecule has 1 N–H and O–H groups in total. The first-order chi connectivity index (χ1) is 8.04. The molecule has 0 amide bonds. The highest BCUT2D eigenvalue weighted by molar-refractivity contribution is 5.24. The van der Waals surface area contributed by atoms with Crippen LogP contribution in [0.2, 0.25) is 0 Å². The molecule has 0 radical (unpaired) electrons. The first kappa shape index (κ1) is 14.1. The Morgan fingerprint density at radius 3 is 2.76 bits per heavy atom.